The smallest absolute Gasteiger partial charge is 0.200 e. The molecular weight excluding hydrogens is 252 g/mol. The van der Waals surface area contributed by atoms with Crippen molar-refractivity contribution in [3.05, 3.63) is 48.0 Å². The maximum Gasteiger partial charge on any atom is 0.200 e. The van der Waals surface area contributed by atoms with Gasteiger partial charge in [0.15, 0.2) is 5.65 Å². The molecule has 0 aliphatic heterocycles. The van der Waals surface area contributed by atoms with E-state index < -0.39 is 0 Å². The maximum absolute atomic E-state index is 4.38. The molecule has 20 heavy (non-hydrogen) atoms. The van der Waals surface area contributed by atoms with E-state index in [1.807, 2.05) is 18.2 Å². The average molecular weight is 266 g/mol. The largest absolute Gasteiger partial charge is 0.361 e. The number of hydrogen-bond donors (Lipinski definition) is 1. The number of nitrogens with zero attached hydrogens (tertiary/aromatic N) is 5. The molecule has 6 nitrogen and oxygen atoms in total. The fourth-order valence-corrected chi connectivity index (χ4v) is 2.45. The van der Waals surface area contributed by atoms with E-state index in [1.54, 1.807) is 0 Å². The predicted molar refractivity (Wildman–Crippen MR) is 74.1 cm³/mol. The van der Waals surface area contributed by atoms with E-state index in [2.05, 4.69) is 50.2 Å². The molecule has 1 atom stereocenters. The van der Waals surface area contributed by atoms with Crippen molar-refractivity contribution < 1.29 is 0 Å². The predicted octanol–water partition coefficient (Wildman–Crippen LogP) is 2.08. The first kappa shape index (κ1) is 11.3. The molecule has 0 saturated heterocycles. The van der Waals surface area contributed by atoms with Crippen LogP contribution in [0, 0.1) is 5.92 Å². The van der Waals surface area contributed by atoms with Crippen LogP contribution in [0.3, 0.4) is 0 Å². The molecule has 3 aromatic rings. The molecule has 1 N–H and O–H groups in total. The second kappa shape index (κ2) is 4.56. The van der Waals surface area contributed by atoms with Crippen molar-refractivity contribution in [1.29, 1.82) is 0 Å². The van der Waals surface area contributed by atoms with Gasteiger partial charge in [-0.05, 0) is 46.9 Å². The molecule has 4 rings (SSSR count). The van der Waals surface area contributed by atoms with E-state index in [4.69, 9.17) is 0 Å². The Hall–Kier alpha value is -2.50. The highest BCUT2D eigenvalue weighted by Crippen LogP contribution is 2.42. The molecule has 1 aliphatic carbocycles. The molecule has 2 heterocycles. The van der Waals surface area contributed by atoms with Gasteiger partial charge in [0.25, 0.3) is 0 Å². The number of hydrogen-bond acceptors (Lipinski definition) is 5. The zero-order valence-corrected chi connectivity index (χ0v) is 10.8. The summed E-state index contributed by atoms with van der Waals surface area (Å²) in [6.07, 6.45) is 2.53. The summed E-state index contributed by atoms with van der Waals surface area (Å²) in [7, 11) is 0. The molecular formula is C14H14N6. The quantitative estimate of drug-likeness (QED) is 0.783. The topological polar surface area (TPSA) is 68.0 Å². The third kappa shape index (κ3) is 2.09. The number of benzene rings is 1. The Morgan fingerprint density at radius 2 is 1.95 bits per heavy atom. The van der Waals surface area contributed by atoms with Crippen molar-refractivity contribution in [1.82, 2.24) is 25.3 Å². The van der Waals surface area contributed by atoms with Gasteiger partial charge in [-0.1, -0.05) is 30.3 Å². The first-order valence-corrected chi connectivity index (χ1v) is 6.77. The summed E-state index contributed by atoms with van der Waals surface area (Å²) in [6, 6.07) is 14.6. The van der Waals surface area contributed by atoms with Gasteiger partial charge in [0.1, 0.15) is 5.82 Å². The molecule has 1 saturated carbocycles. The van der Waals surface area contributed by atoms with E-state index in [0.29, 0.717) is 17.6 Å². The Morgan fingerprint density at radius 3 is 2.75 bits per heavy atom. The Balaban J connectivity index is 1.64. The molecule has 0 bridgehead atoms. The number of anilines is 1. The van der Waals surface area contributed by atoms with Crippen LogP contribution in [0.1, 0.15) is 24.4 Å². The lowest BCUT2D eigenvalue weighted by atomic mass is 10.0. The number of fused-ring (bicyclic) bond motifs is 1. The molecule has 1 aliphatic rings. The summed E-state index contributed by atoms with van der Waals surface area (Å²) >= 11 is 0. The first-order valence-electron chi connectivity index (χ1n) is 6.77. The lowest BCUT2D eigenvalue weighted by Gasteiger charge is -2.19. The number of aromatic nitrogens is 5. The van der Waals surface area contributed by atoms with Gasteiger partial charge in [-0.3, -0.25) is 0 Å². The minimum Gasteiger partial charge on any atom is -0.361 e. The van der Waals surface area contributed by atoms with Gasteiger partial charge in [0.2, 0.25) is 0 Å². The summed E-state index contributed by atoms with van der Waals surface area (Å²) in [4.78, 5) is 0. The standard InChI is InChI=1S/C14H14N6/c1-2-4-10(5-3-1)14(11-6-7-11)15-12-8-9-13-16-18-19-20(13)17-12/h1-5,8-9,11,14H,6-7H2,(H,15,17)/t14-/m0/s1. The molecule has 2 aromatic heterocycles. The normalized spacial score (nSPS) is 16.2. The van der Waals surface area contributed by atoms with E-state index >= 15 is 0 Å². The SMILES string of the molecule is c1ccc([C@H](Nc2ccc3nnnn3n2)C2CC2)cc1. The van der Waals surface area contributed by atoms with Crippen LogP contribution in [0.15, 0.2) is 42.5 Å². The first-order chi connectivity index (χ1) is 9.90. The Bertz CT molecular complexity index is 719. The van der Waals surface area contributed by atoms with E-state index in [-0.39, 0.29) is 0 Å². The highest BCUT2D eigenvalue weighted by molar-refractivity contribution is 5.44. The lowest BCUT2D eigenvalue weighted by Crippen LogP contribution is -2.14. The molecule has 100 valence electrons. The van der Waals surface area contributed by atoms with Crippen LogP contribution in [-0.2, 0) is 0 Å². The minimum absolute atomic E-state index is 0.303. The second-order valence-electron chi connectivity index (χ2n) is 5.12. The van der Waals surface area contributed by atoms with Crippen molar-refractivity contribution in [2.75, 3.05) is 5.32 Å². The average Bonchev–Trinajstić information content (AvgIpc) is 3.23. The second-order valence-corrected chi connectivity index (χ2v) is 5.12. The maximum atomic E-state index is 4.38. The van der Waals surface area contributed by atoms with Gasteiger partial charge in [-0.15, -0.1) is 14.8 Å². The van der Waals surface area contributed by atoms with Crippen LogP contribution in [0.2, 0.25) is 0 Å². The van der Waals surface area contributed by atoms with Crippen LogP contribution in [-0.4, -0.2) is 25.3 Å². The summed E-state index contributed by atoms with van der Waals surface area (Å²) in [5.41, 5.74) is 1.95. The van der Waals surface area contributed by atoms with Gasteiger partial charge < -0.3 is 5.32 Å². The highest BCUT2D eigenvalue weighted by Gasteiger charge is 2.32. The molecule has 0 unspecified atom stereocenters. The van der Waals surface area contributed by atoms with Crippen molar-refractivity contribution in [3.63, 3.8) is 0 Å². The Labute approximate surface area is 115 Å². The van der Waals surface area contributed by atoms with E-state index in [9.17, 15) is 0 Å². The number of tetrazole rings is 1. The van der Waals surface area contributed by atoms with Crippen molar-refractivity contribution >= 4 is 11.5 Å². The monoisotopic (exact) mass is 266 g/mol. The van der Waals surface area contributed by atoms with E-state index in [0.717, 1.165) is 5.82 Å². The zero-order chi connectivity index (χ0) is 13.4. The van der Waals surface area contributed by atoms with Crippen molar-refractivity contribution in [3.8, 4) is 0 Å². The van der Waals surface area contributed by atoms with Gasteiger partial charge in [0, 0.05) is 0 Å². The van der Waals surface area contributed by atoms with Crippen LogP contribution < -0.4 is 5.32 Å². The molecule has 0 amide bonds. The van der Waals surface area contributed by atoms with E-state index in [1.165, 1.54) is 23.0 Å². The van der Waals surface area contributed by atoms with Crippen LogP contribution in [0.5, 0.6) is 0 Å². The van der Waals surface area contributed by atoms with Gasteiger partial charge in [-0.2, -0.15) is 0 Å². The van der Waals surface area contributed by atoms with Gasteiger partial charge in [-0.25, -0.2) is 0 Å². The third-order valence-corrected chi connectivity index (χ3v) is 3.63. The minimum atomic E-state index is 0.303. The molecule has 6 heteroatoms. The molecule has 0 spiro atoms. The zero-order valence-electron chi connectivity index (χ0n) is 10.8. The van der Waals surface area contributed by atoms with Crippen molar-refractivity contribution in [2.45, 2.75) is 18.9 Å². The summed E-state index contributed by atoms with van der Waals surface area (Å²) in [6.45, 7) is 0. The molecule has 1 fully saturated rings. The fraction of sp³-hybridized carbons (Fsp3) is 0.286. The lowest BCUT2D eigenvalue weighted by molar-refractivity contribution is 0.663. The Kier molecular flexibility index (Phi) is 2.58. The third-order valence-electron chi connectivity index (χ3n) is 3.63. The molecule has 1 aromatic carbocycles. The number of rotatable bonds is 4. The fourth-order valence-electron chi connectivity index (χ4n) is 2.45. The van der Waals surface area contributed by atoms with Crippen LogP contribution in [0.4, 0.5) is 5.82 Å². The Morgan fingerprint density at radius 1 is 1.10 bits per heavy atom. The van der Waals surface area contributed by atoms with Gasteiger partial charge >= 0.3 is 0 Å². The summed E-state index contributed by atoms with van der Waals surface area (Å²) in [5, 5.41) is 19.2. The number of nitrogens with one attached hydrogen (secondary N) is 1. The summed E-state index contributed by atoms with van der Waals surface area (Å²) < 4.78 is 1.44. The van der Waals surface area contributed by atoms with Crippen LogP contribution >= 0.6 is 0 Å². The van der Waals surface area contributed by atoms with Gasteiger partial charge in [0.05, 0.1) is 6.04 Å². The van der Waals surface area contributed by atoms with Crippen LogP contribution in [0.25, 0.3) is 5.65 Å². The van der Waals surface area contributed by atoms with Crippen molar-refractivity contribution in [2.24, 2.45) is 5.92 Å². The highest BCUT2D eigenvalue weighted by atomic mass is 15.6. The molecule has 0 radical (unpaired) electrons. The summed E-state index contributed by atoms with van der Waals surface area (Å²) in [5.74, 6) is 1.48.